The van der Waals surface area contributed by atoms with E-state index in [9.17, 15) is 4.79 Å². The maximum atomic E-state index is 10.9. The monoisotopic (exact) mass is 318 g/mol. The van der Waals surface area contributed by atoms with E-state index in [1.54, 1.807) is 16.8 Å². The van der Waals surface area contributed by atoms with Crippen LogP contribution in [0.25, 0.3) is 5.65 Å². The first-order valence-electron chi connectivity index (χ1n) is 3.58. The van der Waals surface area contributed by atoms with Crippen molar-refractivity contribution in [2.24, 2.45) is 5.73 Å². The number of fused-ring (bicyclic) bond motifs is 1. The van der Waals surface area contributed by atoms with Gasteiger partial charge in [0.05, 0.1) is 0 Å². The summed E-state index contributed by atoms with van der Waals surface area (Å²) in [5.74, 6) is -0.559. The Morgan fingerprint density at radius 1 is 1.36 bits per heavy atom. The molecule has 0 aromatic carbocycles. The molecule has 0 aliphatic carbocycles. The fourth-order valence-corrected chi connectivity index (χ4v) is 2.17. The molecular weight excluding hydrogens is 316 g/mol. The summed E-state index contributed by atoms with van der Waals surface area (Å²) < 4.78 is 2.87. The molecule has 0 aliphatic heterocycles. The summed E-state index contributed by atoms with van der Waals surface area (Å²) in [6.07, 6.45) is 3.24. The van der Waals surface area contributed by atoms with Gasteiger partial charge in [0.25, 0.3) is 5.91 Å². The Kier molecular flexibility index (Phi) is 2.28. The van der Waals surface area contributed by atoms with E-state index in [4.69, 9.17) is 5.73 Å². The molecule has 2 heterocycles. The largest absolute Gasteiger partial charge is 0.364 e. The summed E-state index contributed by atoms with van der Waals surface area (Å²) in [6, 6.07) is 0. The van der Waals surface area contributed by atoms with Crippen molar-refractivity contribution in [2.75, 3.05) is 0 Å². The number of primary amides is 1. The number of aromatic nitrogens is 3. The Balaban J connectivity index is 2.76. The smallest absolute Gasteiger partial charge is 0.268 e. The van der Waals surface area contributed by atoms with Gasteiger partial charge in [0.15, 0.2) is 10.3 Å². The molecule has 0 spiro atoms. The van der Waals surface area contributed by atoms with Crippen molar-refractivity contribution in [3.05, 3.63) is 27.3 Å². The second kappa shape index (κ2) is 3.32. The third kappa shape index (κ3) is 1.53. The van der Waals surface area contributed by atoms with Crippen molar-refractivity contribution >= 4 is 43.4 Å². The number of hydrogen-bond acceptors (Lipinski definition) is 3. The molecule has 2 aromatic heterocycles. The Morgan fingerprint density at radius 3 is 2.71 bits per heavy atom. The van der Waals surface area contributed by atoms with Crippen LogP contribution in [0, 0.1) is 0 Å². The molecule has 7 heteroatoms. The van der Waals surface area contributed by atoms with Crippen molar-refractivity contribution in [1.82, 2.24) is 14.4 Å². The van der Waals surface area contributed by atoms with Crippen LogP contribution in [0.5, 0.6) is 0 Å². The van der Waals surface area contributed by atoms with Crippen LogP contribution in [0.4, 0.5) is 0 Å². The number of hydrogen-bond donors (Lipinski definition) is 1. The van der Waals surface area contributed by atoms with Crippen molar-refractivity contribution in [3.8, 4) is 0 Å². The van der Waals surface area contributed by atoms with Crippen molar-refractivity contribution < 1.29 is 4.79 Å². The summed E-state index contributed by atoms with van der Waals surface area (Å²) in [6.45, 7) is 0. The van der Waals surface area contributed by atoms with Crippen LogP contribution in [0.2, 0.25) is 0 Å². The number of nitrogens with zero attached hydrogens (tertiary/aromatic N) is 3. The van der Waals surface area contributed by atoms with E-state index < -0.39 is 5.91 Å². The highest BCUT2D eigenvalue weighted by molar-refractivity contribution is 9.11. The van der Waals surface area contributed by atoms with E-state index in [2.05, 4.69) is 41.8 Å². The van der Waals surface area contributed by atoms with Gasteiger partial charge in [-0.15, -0.1) is 0 Å². The molecule has 2 rings (SSSR count). The lowest BCUT2D eigenvalue weighted by Crippen LogP contribution is -2.10. The second-order valence-corrected chi connectivity index (χ2v) is 4.14. The molecule has 72 valence electrons. The average Bonchev–Trinajstić information content (AvgIpc) is 2.47. The minimum atomic E-state index is -0.559. The van der Waals surface area contributed by atoms with Gasteiger partial charge in [-0.3, -0.25) is 4.79 Å². The maximum Gasteiger partial charge on any atom is 0.268 e. The lowest BCUT2D eigenvalue weighted by Gasteiger charge is -1.95. The highest BCUT2D eigenvalue weighted by Gasteiger charge is 2.10. The van der Waals surface area contributed by atoms with E-state index in [0.717, 1.165) is 0 Å². The third-order valence-electron chi connectivity index (χ3n) is 1.62. The summed E-state index contributed by atoms with van der Waals surface area (Å²) in [5, 5.41) is 0. The molecule has 0 bridgehead atoms. The Bertz CT molecular complexity index is 522. The molecule has 2 N–H and O–H groups in total. The number of imidazole rings is 1. The molecule has 0 unspecified atom stereocenters. The molecular formula is C7H4Br2N4O. The summed E-state index contributed by atoms with van der Waals surface area (Å²) >= 11 is 6.46. The van der Waals surface area contributed by atoms with Gasteiger partial charge >= 0.3 is 0 Å². The molecule has 0 radical (unpaired) electrons. The summed E-state index contributed by atoms with van der Waals surface area (Å²) in [5.41, 5.74) is 5.87. The fourth-order valence-electron chi connectivity index (χ4n) is 1.05. The number of amides is 1. The normalized spacial score (nSPS) is 10.7. The quantitative estimate of drug-likeness (QED) is 0.862. The minimum absolute atomic E-state index is 0.214. The van der Waals surface area contributed by atoms with Gasteiger partial charge in [-0.05, 0) is 31.9 Å². The molecule has 1 amide bonds. The number of halogens is 2. The maximum absolute atomic E-state index is 10.9. The van der Waals surface area contributed by atoms with Crippen molar-refractivity contribution in [1.29, 1.82) is 0 Å². The van der Waals surface area contributed by atoms with Crippen LogP contribution in [0.15, 0.2) is 21.6 Å². The molecule has 14 heavy (non-hydrogen) atoms. The molecule has 5 nitrogen and oxygen atoms in total. The Morgan fingerprint density at radius 2 is 2.07 bits per heavy atom. The van der Waals surface area contributed by atoms with Gasteiger partial charge in [-0.1, -0.05) is 0 Å². The molecule has 0 saturated carbocycles. The Hall–Kier alpha value is -0.950. The summed E-state index contributed by atoms with van der Waals surface area (Å²) in [7, 11) is 0. The number of carbonyl (C=O) groups is 1. The number of rotatable bonds is 1. The fraction of sp³-hybridized carbons (Fsp3) is 0. The van der Waals surface area contributed by atoms with Crippen LogP contribution in [-0.2, 0) is 0 Å². The van der Waals surface area contributed by atoms with E-state index in [1.165, 1.54) is 0 Å². The Labute approximate surface area is 95.6 Å². The molecule has 0 fully saturated rings. The number of carbonyl (C=O) groups excluding carboxylic acids is 1. The van der Waals surface area contributed by atoms with Gasteiger partial charge in [-0.25, -0.2) is 9.97 Å². The van der Waals surface area contributed by atoms with Crippen LogP contribution in [0.1, 0.15) is 10.5 Å². The van der Waals surface area contributed by atoms with E-state index >= 15 is 0 Å². The van der Waals surface area contributed by atoms with Crippen LogP contribution >= 0.6 is 31.9 Å². The topological polar surface area (TPSA) is 73.3 Å². The van der Waals surface area contributed by atoms with Gasteiger partial charge < -0.3 is 10.1 Å². The SMILES string of the molecule is NC(=O)c1cn2cc(Br)nc(Br)c2n1. The van der Waals surface area contributed by atoms with Crippen molar-refractivity contribution in [3.63, 3.8) is 0 Å². The van der Waals surface area contributed by atoms with Crippen molar-refractivity contribution in [2.45, 2.75) is 0 Å². The van der Waals surface area contributed by atoms with Gasteiger partial charge in [0.2, 0.25) is 0 Å². The van der Waals surface area contributed by atoms with Crippen LogP contribution in [-0.4, -0.2) is 20.3 Å². The molecule has 0 saturated heterocycles. The van der Waals surface area contributed by atoms with Crippen LogP contribution < -0.4 is 5.73 Å². The van der Waals surface area contributed by atoms with E-state index in [1.807, 2.05) is 0 Å². The van der Waals surface area contributed by atoms with E-state index in [0.29, 0.717) is 14.9 Å². The predicted molar refractivity (Wildman–Crippen MR) is 56.9 cm³/mol. The zero-order valence-electron chi connectivity index (χ0n) is 6.74. The third-order valence-corrected chi connectivity index (χ3v) is 2.53. The minimum Gasteiger partial charge on any atom is -0.364 e. The highest BCUT2D eigenvalue weighted by Crippen LogP contribution is 2.18. The molecule has 0 atom stereocenters. The molecule has 2 aromatic rings. The van der Waals surface area contributed by atoms with E-state index in [-0.39, 0.29) is 5.69 Å². The second-order valence-electron chi connectivity index (χ2n) is 2.58. The predicted octanol–water partition coefficient (Wildman–Crippen LogP) is 1.35. The highest BCUT2D eigenvalue weighted by atomic mass is 79.9. The lowest BCUT2D eigenvalue weighted by molar-refractivity contribution is 0.0996. The molecule has 0 aliphatic rings. The average molecular weight is 320 g/mol. The standard InChI is InChI=1S/C7H4Br2N4O/c8-4-2-13-1-3(6(10)14)11-7(13)5(9)12-4/h1-2H,(H2,10,14). The number of nitrogens with two attached hydrogens (primary N) is 1. The zero-order valence-corrected chi connectivity index (χ0v) is 9.91. The van der Waals surface area contributed by atoms with Gasteiger partial charge in [-0.2, -0.15) is 0 Å². The van der Waals surface area contributed by atoms with Gasteiger partial charge in [0.1, 0.15) is 10.3 Å². The van der Waals surface area contributed by atoms with Crippen LogP contribution in [0.3, 0.4) is 0 Å². The first-order chi connectivity index (χ1) is 6.58. The zero-order chi connectivity index (χ0) is 10.3. The first-order valence-corrected chi connectivity index (χ1v) is 5.17. The lowest BCUT2D eigenvalue weighted by atomic mass is 10.5. The summed E-state index contributed by atoms with van der Waals surface area (Å²) in [4.78, 5) is 18.9. The van der Waals surface area contributed by atoms with Gasteiger partial charge in [0, 0.05) is 12.4 Å². The first kappa shape index (κ1) is 9.60.